The van der Waals surface area contributed by atoms with Gasteiger partial charge < -0.3 is 4.74 Å². The molecule has 2 unspecified atom stereocenters. The number of nitriles is 1. The number of hydrogen-bond acceptors (Lipinski definition) is 4. The molecule has 1 aromatic rings. The molecule has 88 valence electrons. The van der Waals surface area contributed by atoms with Crippen LogP contribution in [0.1, 0.15) is 18.9 Å². The quantitative estimate of drug-likeness (QED) is 0.590. The van der Waals surface area contributed by atoms with E-state index in [4.69, 9.17) is 10.00 Å². The van der Waals surface area contributed by atoms with Gasteiger partial charge in [0.2, 0.25) is 0 Å². The SMILES string of the molecule is CC1CC1COc1cccc([N+](=O)[O-])c1C#N. The average molecular weight is 232 g/mol. The third-order valence-corrected chi connectivity index (χ3v) is 3.04. The van der Waals surface area contributed by atoms with Crippen LogP contribution in [0.15, 0.2) is 18.2 Å². The molecule has 2 atom stereocenters. The molecule has 1 saturated carbocycles. The van der Waals surface area contributed by atoms with Gasteiger partial charge in [0.1, 0.15) is 11.8 Å². The Morgan fingerprint density at radius 1 is 1.65 bits per heavy atom. The van der Waals surface area contributed by atoms with Crippen LogP contribution in [0, 0.1) is 33.3 Å². The highest BCUT2D eigenvalue weighted by Crippen LogP contribution is 2.38. The Bertz CT molecular complexity index is 493. The van der Waals surface area contributed by atoms with E-state index < -0.39 is 4.92 Å². The molecular weight excluding hydrogens is 220 g/mol. The minimum atomic E-state index is -0.564. The number of nitro benzene ring substituents is 1. The maximum Gasteiger partial charge on any atom is 0.290 e. The lowest BCUT2D eigenvalue weighted by Gasteiger charge is -2.07. The minimum absolute atomic E-state index is 0.00537. The van der Waals surface area contributed by atoms with Gasteiger partial charge in [-0.3, -0.25) is 10.1 Å². The average Bonchev–Trinajstić information content (AvgIpc) is 3.02. The molecule has 0 radical (unpaired) electrons. The lowest BCUT2D eigenvalue weighted by Crippen LogP contribution is -2.03. The van der Waals surface area contributed by atoms with E-state index in [2.05, 4.69) is 6.92 Å². The van der Waals surface area contributed by atoms with Crippen LogP contribution in [-0.2, 0) is 0 Å². The molecule has 1 aliphatic carbocycles. The van der Waals surface area contributed by atoms with Crippen LogP contribution in [0.4, 0.5) is 5.69 Å². The second-order valence-corrected chi connectivity index (χ2v) is 4.30. The van der Waals surface area contributed by atoms with Gasteiger partial charge in [-0.15, -0.1) is 0 Å². The van der Waals surface area contributed by atoms with Crippen molar-refractivity contribution in [1.29, 1.82) is 5.26 Å². The second-order valence-electron chi connectivity index (χ2n) is 4.30. The Balaban J connectivity index is 2.18. The zero-order valence-corrected chi connectivity index (χ0v) is 9.42. The number of ether oxygens (including phenoxy) is 1. The summed E-state index contributed by atoms with van der Waals surface area (Å²) in [7, 11) is 0. The molecule has 0 bridgehead atoms. The summed E-state index contributed by atoms with van der Waals surface area (Å²) >= 11 is 0. The van der Waals surface area contributed by atoms with Crippen molar-refractivity contribution in [3.63, 3.8) is 0 Å². The zero-order valence-electron chi connectivity index (χ0n) is 9.42. The van der Waals surface area contributed by atoms with E-state index >= 15 is 0 Å². The maximum atomic E-state index is 10.7. The molecule has 5 nitrogen and oxygen atoms in total. The van der Waals surface area contributed by atoms with Crippen LogP contribution in [0.5, 0.6) is 5.75 Å². The first-order valence-electron chi connectivity index (χ1n) is 5.43. The Morgan fingerprint density at radius 2 is 2.35 bits per heavy atom. The fourth-order valence-electron chi connectivity index (χ4n) is 1.73. The summed E-state index contributed by atoms with van der Waals surface area (Å²) in [6, 6.07) is 6.27. The first kappa shape index (κ1) is 11.4. The fourth-order valence-corrected chi connectivity index (χ4v) is 1.73. The first-order chi connectivity index (χ1) is 8.13. The smallest absolute Gasteiger partial charge is 0.290 e. The van der Waals surface area contributed by atoms with E-state index in [9.17, 15) is 10.1 Å². The predicted molar refractivity (Wildman–Crippen MR) is 60.6 cm³/mol. The fraction of sp³-hybridized carbons (Fsp3) is 0.417. The minimum Gasteiger partial charge on any atom is -0.492 e. The Labute approximate surface area is 98.8 Å². The summed E-state index contributed by atoms with van der Waals surface area (Å²) in [5.74, 6) is 1.47. The van der Waals surface area contributed by atoms with Gasteiger partial charge in [-0.2, -0.15) is 5.26 Å². The Kier molecular flexibility index (Phi) is 2.96. The van der Waals surface area contributed by atoms with Gasteiger partial charge in [-0.25, -0.2) is 0 Å². The molecule has 0 aromatic heterocycles. The van der Waals surface area contributed by atoms with Crippen LogP contribution in [0.25, 0.3) is 0 Å². The molecule has 2 rings (SSSR count). The zero-order chi connectivity index (χ0) is 12.4. The lowest BCUT2D eigenvalue weighted by atomic mass is 10.2. The number of benzene rings is 1. The summed E-state index contributed by atoms with van der Waals surface area (Å²) in [6.07, 6.45) is 1.12. The van der Waals surface area contributed by atoms with Gasteiger partial charge in [-0.1, -0.05) is 13.0 Å². The Morgan fingerprint density at radius 3 is 2.88 bits per heavy atom. The number of rotatable bonds is 4. The second kappa shape index (κ2) is 4.42. The summed E-state index contributed by atoms with van der Waals surface area (Å²) in [4.78, 5) is 10.2. The van der Waals surface area contributed by atoms with E-state index in [0.717, 1.165) is 6.42 Å². The van der Waals surface area contributed by atoms with Crippen LogP contribution >= 0.6 is 0 Å². The van der Waals surface area contributed by atoms with Crippen LogP contribution in [0.3, 0.4) is 0 Å². The van der Waals surface area contributed by atoms with Crippen molar-refractivity contribution in [2.75, 3.05) is 6.61 Å². The molecule has 1 aliphatic rings. The van der Waals surface area contributed by atoms with Gasteiger partial charge >= 0.3 is 0 Å². The van der Waals surface area contributed by atoms with Crippen LogP contribution in [0.2, 0.25) is 0 Å². The molecule has 0 aliphatic heterocycles. The molecule has 5 heteroatoms. The topological polar surface area (TPSA) is 76.2 Å². The molecule has 17 heavy (non-hydrogen) atoms. The van der Waals surface area contributed by atoms with Crippen molar-refractivity contribution in [1.82, 2.24) is 0 Å². The summed E-state index contributed by atoms with van der Waals surface area (Å²) < 4.78 is 5.49. The lowest BCUT2D eigenvalue weighted by molar-refractivity contribution is -0.385. The molecular formula is C12H12N2O3. The highest BCUT2D eigenvalue weighted by Gasteiger charge is 2.33. The summed E-state index contributed by atoms with van der Waals surface area (Å²) in [5, 5.41) is 19.7. The van der Waals surface area contributed by atoms with Gasteiger partial charge in [0.05, 0.1) is 11.5 Å². The molecule has 1 fully saturated rings. The first-order valence-corrected chi connectivity index (χ1v) is 5.43. The third-order valence-electron chi connectivity index (χ3n) is 3.04. The highest BCUT2D eigenvalue weighted by molar-refractivity contribution is 5.56. The van der Waals surface area contributed by atoms with Crippen molar-refractivity contribution in [3.05, 3.63) is 33.9 Å². The Hall–Kier alpha value is -2.09. The van der Waals surface area contributed by atoms with Crippen molar-refractivity contribution in [2.24, 2.45) is 11.8 Å². The molecule has 0 amide bonds. The van der Waals surface area contributed by atoms with E-state index in [1.165, 1.54) is 12.1 Å². The summed E-state index contributed by atoms with van der Waals surface area (Å²) in [5.41, 5.74) is -0.195. The van der Waals surface area contributed by atoms with E-state index in [-0.39, 0.29) is 11.3 Å². The van der Waals surface area contributed by atoms with Crippen molar-refractivity contribution in [3.8, 4) is 11.8 Å². The molecule has 0 N–H and O–H groups in total. The van der Waals surface area contributed by atoms with Crippen molar-refractivity contribution in [2.45, 2.75) is 13.3 Å². The van der Waals surface area contributed by atoms with Gasteiger partial charge in [0, 0.05) is 6.07 Å². The van der Waals surface area contributed by atoms with E-state index in [1.54, 1.807) is 6.07 Å². The monoisotopic (exact) mass is 232 g/mol. The molecule has 0 saturated heterocycles. The van der Waals surface area contributed by atoms with Gasteiger partial charge in [0.15, 0.2) is 5.56 Å². The van der Waals surface area contributed by atoms with Crippen LogP contribution in [-0.4, -0.2) is 11.5 Å². The maximum absolute atomic E-state index is 10.7. The normalized spacial score (nSPS) is 21.6. The predicted octanol–water partition coefficient (Wildman–Crippen LogP) is 2.50. The number of hydrogen-bond donors (Lipinski definition) is 0. The van der Waals surface area contributed by atoms with Gasteiger partial charge in [-0.05, 0) is 24.3 Å². The van der Waals surface area contributed by atoms with E-state index in [1.807, 2.05) is 6.07 Å². The van der Waals surface area contributed by atoms with Gasteiger partial charge in [0.25, 0.3) is 5.69 Å². The molecule has 0 spiro atoms. The summed E-state index contributed by atoms with van der Waals surface area (Å²) in [6.45, 7) is 2.66. The van der Waals surface area contributed by atoms with Crippen molar-refractivity contribution < 1.29 is 9.66 Å². The standard InChI is InChI=1S/C12H12N2O3/c1-8-5-9(8)7-17-12-4-2-3-11(14(15)16)10(12)6-13/h2-4,8-9H,5,7H2,1H3. The van der Waals surface area contributed by atoms with Crippen LogP contribution < -0.4 is 4.74 Å². The largest absolute Gasteiger partial charge is 0.492 e. The molecule has 1 aromatic carbocycles. The third kappa shape index (κ3) is 2.36. The number of nitro groups is 1. The van der Waals surface area contributed by atoms with Crippen molar-refractivity contribution >= 4 is 5.69 Å². The number of nitrogens with zero attached hydrogens (tertiary/aromatic N) is 2. The molecule has 0 heterocycles. The van der Waals surface area contributed by atoms with E-state index in [0.29, 0.717) is 24.2 Å². The highest BCUT2D eigenvalue weighted by atomic mass is 16.6.